The smallest absolute Gasteiger partial charge is 0.261 e. The predicted octanol–water partition coefficient (Wildman–Crippen LogP) is 5.71. The molecule has 0 aliphatic heterocycles. The Morgan fingerprint density at radius 3 is 2.22 bits per heavy atom. The molecule has 2 aromatic carbocycles. The van der Waals surface area contributed by atoms with Gasteiger partial charge in [-0.1, -0.05) is 49.2 Å². The molecule has 7 heteroatoms. The zero-order chi connectivity index (χ0) is 23.8. The van der Waals surface area contributed by atoms with E-state index in [1.54, 1.807) is 23.1 Å². The third-order valence-electron chi connectivity index (χ3n) is 5.28. The fourth-order valence-corrected chi connectivity index (χ4v) is 3.76. The highest BCUT2D eigenvalue weighted by atomic mass is 35.5. The summed E-state index contributed by atoms with van der Waals surface area (Å²) in [6, 6.07) is 10.4. The Hall–Kier alpha value is -2.24. The predicted molar refractivity (Wildman–Crippen MR) is 130 cm³/mol. The van der Waals surface area contributed by atoms with Gasteiger partial charge in [0.25, 0.3) is 5.91 Å². The zero-order valence-corrected chi connectivity index (χ0v) is 20.9. The molecule has 0 unspecified atom stereocenters. The molecule has 0 aliphatic carbocycles. The lowest BCUT2D eigenvalue weighted by molar-refractivity contribution is -0.143. The molecule has 0 radical (unpaired) electrons. The summed E-state index contributed by atoms with van der Waals surface area (Å²) in [7, 11) is 0. The number of nitrogens with one attached hydrogen (secondary N) is 1. The van der Waals surface area contributed by atoms with Crippen LogP contribution in [0.5, 0.6) is 5.75 Å². The SMILES string of the molecule is CC[C@H](C)NC(=O)[C@H](CC)N(Cc1ccc(Cl)c(Cl)c1)C(=O)COc1cc(C)cc(C)c1. The van der Waals surface area contributed by atoms with Crippen molar-refractivity contribution in [3.05, 3.63) is 63.1 Å². The highest BCUT2D eigenvalue weighted by Gasteiger charge is 2.29. The number of carbonyl (C=O) groups is 2. The first-order valence-electron chi connectivity index (χ1n) is 10.9. The maximum atomic E-state index is 13.3. The third-order valence-corrected chi connectivity index (χ3v) is 6.02. The van der Waals surface area contributed by atoms with Crippen LogP contribution in [0.1, 0.15) is 50.3 Å². The van der Waals surface area contributed by atoms with Gasteiger partial charge in [-0.15, -0.1) is 0 Å². The Morgan fingerprint density at radius 1 is 1.00 bits per heavy atom. The van der Waals surface area contributed by atoms with Crippen molar-refractivity contribution >= 4 is 35.0 Å². The molecule has 0 bridgehead atoms. The largest absolute Gasteiger partial charge is 0.484 e. The van der Waals surface area contributed by atoms with Crippen LogP contribution in [0, 0.1) is 13.8 Å². The second-order valence-corrected chi connectivity index (χ2v) is 8.94. The lowest BCUT2D eigenvalue weighted by Gasteiger charge is -2.31. The van der Waals surface area contributed by atoms with Crippen molar-refractivity contribution in [3.8, 4) is 5.75 Å². The van der Waals surface area contributed by atoms with Crippen molar-refractivity contribution in [2.45, 2.75) is 66.1 Å². The van der Waals surface area contributed by atoms with Gasteiger partial charge in [0, 0.05) is 12.6 Å². The topological polar surface area (TPSA) is 58.6 Å². The summed E-state index contributed by atoms with van der Waals surface area (Å²) >= 11 is 12.2. The number of hydrogen-bond donors (Lipinski definition) is 1. The third kappa shape index (κ3) is 7.42. The molecule has 5 nitrogen and oxygen atoms in total. The van der Waals surface area contributed by atoms with Gasteiger partial charge in [-0.25, -0.2) is 0 Å². The second kappa shape index (κ2) is 12.1. The number of rotatable bonds is 10. The van der Waals surface area contributed by atoms with Crippen LogP contribution in [0.15, 0.2) is 36.4 Å². The number of nitrogens with zero attached hydrogens (tertiary/aromatic N) is 1. The molecular formula is C25H32Cl2N2O3. The van der Waals surface area contributed by atoms with E-state index < -0.39 is 6.04 Å². The molecule has 1 N–H and O–H groups in total. The molecule has 0 spiro atoms. The van der Waals surface area contributed by atoms with Crippen molar-refractivity contribution in [1.29, 1.82) is 0 Å². The van der Waals surface area contributed by atoms with Gasteiger partial charge in [-0.2, -0.15) is 0 Å². The summed E-state index contributed by atoms with van der Waals surface area (Å²) in [4.78, 5) is 27.8. The van der Waals surface area contributed by atoms with E-state index in [0.717, 1.165) is 23.1 Å². The summed E-state index contributed by atoms with van der Waals surface area (Å²) in [6.45, 7) is 9.84. The van der Waals surface area contributed by atoms with Crippen molar-refractivity contribution in [2.24, 2.45) is 0 Å². The zero-order valence-electron chi connectivity index (χ0n) is 19.4. The number of ether oxygens (including phenoxy) is 1. The lowest BCUT2D eigenvalue weighted by atomic mass is 10.1. The van der Waals surface area contributed by atoms with Crippen LogP contribution in [0.25, 0.3) is 0 Å². The lowest BCUT2D eigenvalue weighted by Crippen LogP contribution is -2.51. The Bertz CT molecular complexity index is 929. The standard InChI is InChI=1S/C25H32Cl2N2O3/c1-6-18(5)28-25(31)23(7-2)29(14-19-8-9-21(26)22(27)13-19)24(30)15-32-20-11-16(3)10-17(4)12-20/h8-13,18,23H,6-7,14-15H2,1-5H3,(H,28,31)/t18-,23-/m0/s1. The molecule has 2 atom stereocenters. The molecule has 0 aliphatic rings. The van der Waals surface area contributed by atoms with Gasteiger partial charge in [-0.05, 0) is 74.6 Å². The van der Waals surface area contributed by atoms with Gasteiger partial charge < -0.3 is 15.0 Å². The van der Waals surface area contributed by atoms with Crippen molar-refractivity contribution in [3.63, 3.8) is 0 Å². The molecule has 0 aromatic heterocycles. The van der Waals surface area contributed by atoms with Crippen molar-refractivity contribution in [2.75, 3.05) is 6.61 Å². The van der Waals surface area contributed by atoms with Crippen LogP contribution in [0.2, 0.25) is 10.0 Å². The number of aryl methyl sites for hydroxylation is 2. The number of benzene rings is 2. The van der Waals surface area contributed by atoms with E-state index in [4.69, 9.17) is 27.9 Å². The first kappa shape index (κ1) is 26.0. The highest BCUT2D eigenvalue weighted by Crippen LogP contribution is 2.24. The molecule has 32 heavy (non-hydrogen) atoms. The van der Waals surface area contributed by atoms with Crippen molar-refractivity contribution in [1.82, 2.24) is 10.2 Å². The van der Waals surface area contributed by atoms with Crippen molar-refractivity contribution < 1.29 is 14.3 Å². The summed E-state index contributed by atoms with van der Waals surface area (Å²) in [5.74, 6) is 0.172. The summed E-state index contributed by atoms with van der Waals surface area (Å²) in [6.07, 6.45) is 1.28. The fraction of sp³-hybridized carbons (Fsp3) is 0.440. The summed E-state index contributed by atoms with van der Waals surface area (Å²) < 4.78 is 5.80. The van der Waals surface area contributed by atoms with Gasteiger partial charge in [0.15, 0.2) is 6.61 Å². The highest BCUT2D eigenvalue weighted by molar-refractivity contribution is 6.42. The van der Waals surface area contributed by atoms with Crippen LogP contribution in [-0.4, -0.2) is 35.4 Å². The number of carbonyl (C=O) groups excluding carboxylic acids is 2. The average molecular weight is 479 g/mol. The minimum absolute atomic E-state index is 0.0185. The van der Waals surface area contributed by atoms with E-state index in [9.17, 15) is 9.59 Å². The first-order valence-corrected chi connectivity index (χ1v) is 11.6. The van der Waals surface area contributed by atoms with Gasteiger partial charge in [0.2, 0.25) is 5.91 Å². The van der Waals surface area contributed by atoms with E-state index in [-0.39, 0.29) is 31.0 Å². The second-order valence-electron chi connectivity index (χ2n) is 8.12. The molecule has 0 heterocycles. The Labute approximate surface area is 201 Å². The maximum absolute atomic E-state index is 13.3. The maximum Gasteiger partial charge on any atom is 0.261 e. The monoisotopic (exact) mass is 478 g/mol. The average Bonchev–Trinajstić information content (AvgIpc) is 2.73. The minimum Gasteiger partial charge on any atom is -0.484 e. The summed E-state index contributed by atoms with van der Waals surface area (Å²) in [5.41, 5.74) is 2.90. The van der Waals surface area contributed by atoms with E-state index in [1.165, 1.54) is 0 Å². The van der Waals surface area contributed by atoms with Crippen LogP contribution in [-0.2, 0) is 16.1 Å². The van der Waals surface area contributed by atoms with Crippen LogP contribution < -0.4 is 10.1 Å². The molecule has 2 rings (SSSR count). The van der Waals surface area contributed by atoms with E-state index in [2.05, 4.69) is 5.32 Å². The quantitative estimate of drug-likeness (QED) is 0.475. The van der Waals surface area contributed by atoms with Crippen LogP contribution >= 0.6 is 23.2 Å². The van der Waals surface area contributed by atoms with Gasteiger partial charge in [0.05, 0.1) is 10.0 Å². The molecular weight excluding hydrogens is 447 g/mol. The minimum atomic E-state index is -0.631. The van der Waals surface area contributed by atoms with Crippen LogP contribution in [0.4, 0.5) is 0 Å². The van der Waals surface area contributed by atoms with E-state index in [1.807, 2.05) is 52.8 Å². The first-order chi connectivity index (χ1) is 15.1. The Balaban J connectivity index is 2.26. The Morgan fingerprint density at radius 2 is 1.66 bits per heavy atom. The molecule has 2 aromatic rings. The normalized spacial score (nSPS) is 12.7. The molecule has 0 saturated carbocycles. The van der Waals surface area contributed by atoms with Gasteiger partial charge in [0.1, 0.15) is 11.8 Å². The summed E-state index contributed by atoms with van der Waals surface area (Å²) in [5, 5.41) is 3.83. The molecule has 0 fully saturated rings. The fourth-order valence-electron chi connectivity index (χ4n) is 3.44. The molecule has 0 saturated heterocycles. The number of amides is 2. The number of halogens is 2. The van der Waals surface area contributed by atoms with Crippen LogP contribution in [0.3, 0.4) is 0 Å². The number of hydrogen-bond acceptors (Lipinski definition) is 3. The van der Waals surface area contributed by atoms with E-state index in [0.29, 0.717) is 22.2 Å². The Kier molecular flexibility index (Phi) is 9.85. The van der Waals surface area contributed by atoms with Gasteiger partial charge >= 0.3 is 0 Å². The molecule has 2 amide bonds. The molecule has 174 valence electrons. The van der Waals surface area contributed by atoms with Gasteiger partial charge in [-0.3, -0.25) is 9.59 Å². The van der Waals surface area contributed by atoms with E-state index >= 15 is 0 Å².